The summed E-state index contributed by atoms with van der Waals surface area (Å²) in [5.74, 6) is 0.687. The SMILES string of the molecule is CC(CCc1ccccc1)CC(=O)N1CCN(c2nc3cccnc3s2)CC1. The molecule has 3 aromatic rings. The lowest BCUT2D eigenvalue weighted by atomic mass is 9.97. The van der Waals surface area contributed by atoms with Crippen LogP contribution in [-0.2, 0) is 11.2 Å². The molecule has 1 unspecified atom stereocenters. The number of hydrogen-bond donors (Lipinski definition) is 0. The molecular weight excluding hydrogens is 368 g/mol. The molecule has 6 heteroatoms. The highest BCUT2D eigenvalue weighted by molar-refractivity contribution is 7.21. The first-order valence-corrected chi connectivity index (χ1v) is 10.8. The van der Waals surface area contributed by atoms with Crippen LogP contribution in [0, 0.1) is 5.92 Å². The van der Waals surface area contributed by atoms with Gasteiger partial charge in [-0.1, -0.05) is 48.6 Å². The van der Waals surface area contributed by atoms with Gasteiger partial charge in [0.2, 0.25) is 5.91 Å². The number of pyridine rings is 1. The minimum absolute atomic E-state index is 0.283. The summed E-state index contributed by atoms with van der Waals surface area (Å²) in [4.78, 5) is 27.0. The molecule has 28 heavy (non-hydrogen) atoms. The monoisotopic (exact) mass is 394 g/mol. The van der Waals surface area contributed by atoms with Gasteiger partial charge in [0.05, 0.1) is 0 Å². The Morgan fingerprint density at radius 3 is 2.64 bits per heavy atom. The van der Waals surface area contributed by atoms with Crippen LogP contribution >= 0.6 is 11.3 Å². The van der Waals surface area contributed by atoms with Crippen molar-refractivity contribution in [3.63, 3.8) is 0 Å². The number of aryl methyl sites for hydroxylation is 1. The van der Waals surface area contributed by atoms with Crippen molar-refractivity contribution in [2.75, 3.05) is 31.1 Å². The van der Waals surface area contributed by atoms with Gasteiger partial charge in [0.1, 0.15) is 10.3 Å². The van der Waals surface area contributed by atoms with E-state index in [1.807, 2.05) is 23.1 Å². The highest BCUT2D eigenvalue weighted by Crippen LogP contribution is 2.27. The molecule has 0 radical (unpaired) electrons. The molecule has 1 amide bonds. The van der Waals surface area contributed by atoms with Crippen LogP contribution in [-0.4, -0.2) is 47.0 Å². The van der Waals surface area contributed by atoms with Crippen molar-refractivity contribution in [3.05, 3.63) is 54.2 Å². The number of thiazole rings is 1. The number of amides is 1. The Balaban J connectivity index is 1.25. The van der Waals surface area contributed by atoms with Crippen molar-refractivity contribution >= 4 is 32.7 Å². The van der Waals surface area contributed by atoms with Gasteiger partial charge in [-0.25, -0.2) is 9.97 Å². The van der Waals surface area contributed by atoms with Crippen LogP contribution in [0.25, 0.3) is 10.3 Å². The van der Waals surface area contributed by atoms with Crippen molar-refractivity contribution in [1.29, 1.82) is 0 Å². The zero-order chi connectivity index (χ0) is 19.3. The topological polar surface area (TPSA) is 49.3 Å². The number of nitrogens with zero attached hydrogens (tertiary/aromatic N) is 4. The molecule has 5 nitrogen and oxygen atoms in total. The van der Waals surface area contributed by atoms with Crippen molar-refractivity contribution in [3.8, 4) is 0 Å². The van der Waals surface area contributed by atoms with E-state index in [9.17, 15) is 4.79 Å². The summed E-state index contributed by atoms with van der Waals surface area (Å²) in [6, 6.07) is 14.4. The van der Waals surface area contributed by atoms with Gasteiger partial charge in [0, 0.05) is 38.8 Å². The first kappa shape index (κ1) is 18.9. The van der Waals surface area contributed by atoms with Gasteiger partial charge in [-0.05, 0) is 36.5 Å². The molecule has 1 aromatic carbocycles. The standard InChI is InChI=1S/C22H26N4OS/c1-17(9-10-18-6-3-2-4-7-18)16-20(27)25-12-14-26(15-13-25)22-24-19-8-5-11-23-21(19)28-22/h2-8,11,17H,9-10,12-16H2,1H3. The fourth-order valence-electron chi connectivity index (χ4n) is 3.63. The Labute approximate surface area is 170 Å². The van der Waals surface area contributed by atoms with E-state index in [1.165, 1.54) is 5.56 Å². The molecule has 3 heterocycles. The van der Waals surface area contributed by atoms with E-state index in [0.29, 0.717) is 12.3 Å². The average molecular weight is 395 g/mol. The number of aromatic nitrogens is 2. The summed E-state index contributed by atoms with van der Waals surface area (Å²) in [5, 5.41) is 1.01. The summed E-state index contributed by atoms with van der Waals surface area (Å²) >= 11 is 1.63. The molecule has 2 aromatic heterocycles. The average Bonchev–Trinajstić information content (AvgIpc) is 3.17. The Morgan fingerprint density at radius 1 is 1.11 bits per heavy atom. The van der Waals surface area contributed by atoms with E-state index in [1.54, 1.807) is 17.5 Å². The lowest BCUT2D eigenvalue weighted by Gasteiger charge is -2.35. The maximum absolute atomic E-state index is 12.7. The summed E-state index contributed by atoms with van der Waals surface area (Å²) in [6.45, 7) is 5.40. The number of piperazine rings is 1. The molecule has 1 fully saturated rings. The van der Waals surface area contributed by atoms with E-state index in [4.69, 9.17) is 0 Å². The van der Waals surface area contributed by atoms with Crippen LogP contribution < -0.4 is 4.90 Å². The summed E-state index contributed by atoms with van der Waals surface area (Å²) < 4.78 is 0. The minimum atomic E-state index is 0.283. The van der Waals surface area contributed by atoms with Gasteiger partial charge in [-0.3, -0.25) is 4.79 Å². The number of fused-ring (bicyclic) bond motifs is 1. The Bertz CT molecular complexity index is 885. The molecule has 0 N–H and O–H groups in total. The molecule has 4 rings (SSSR count). The molecule has 0 saturated carbocycles. The second-order valence-electron chi connectivity index (χ2n) is 7.53. The van der Waals surface area contributed by atoms with Crippen LogP contribution in [0.2, 0.25) is 0 Å². The molecule has 146 valence electrons. The third kappa shape index (κ3) is 4.50. The first-order chi connectivity index (χ1) is 13.7. The third-order valence-electron chi connectivity index (χ3n) is 5.35. The van der Waals surface area contributed by atoms with E-state index in [0.717, 1.165) is 54.5 Å². The molecule has 1 aliphatic heterocycles. The lowest BCUT2D eigenvalue weighted by molar-refractivity contribution is -0.132. The highest BCUT2D eigenvalue weighted by atomic mass is 32.1. The quantitative estimate of drug-likeness (QED) is 0.634. The second-order valence-corrected chi connectivity index (χ2v) is 8.48. The molecule has 0 aliphatic carbocycles. The molecule has 0 bridgehead atoms. The predicted octanol–water partition coefficient (Wildman–Crippen LogP) is 4.00. The maximum Gasteiger partial charge on any atom is 0.222 e. The van der Waals surface area contributed by atoms with Crippen molar-refractivity contribution in [2.45, 2.75) is 26.2 Å². The zero-order valence-electron chi connectivity index (χ0n) is 16.3. The predicted molar refractivity (Wildman–Crippen MR) is 115 cm³/mol. The molecule has 1 aliphatic rings. The Morgan fingerprint density at radius 2 is 1.89 bits per heavy atom. The highest BCUT2D eigenvalue weighted by Gasteiger charge is 2.24. The van der Waals surface area contributed by atoms with E-state index in [2.05, 4.69) is 46.1 Å². The number of carbonyl (C=O) groups excluding carboxylic acids is 1. The smallest absolute Gasteiger partial charge is 0.222 e. The molecule has 1 atom stereocenters. The van der Waals surface area contributed by atoms with Gasteiger partial charge < -0.3 is 9.80 Å². The summed E-state index contributed by atoms with van der Waals surface area (Å²) in [7, 11) is 0. The van der Waals surface area contributed by atoms with Crippen LogP contribution in [0.15, 0.2) is 48.7 Å². The molecular formula is C22H26N4OS. The molecule has 1 saturated heterocycles. The Kier molecular flexibility index (Phi) is 5.86. The molecule has 0 spiro atoms. The van der Waals surface area contributed by atoms with Crippen molar-refractivity contribution in [1.82, 2.24) is 14.9 Å². The fraction of sp³-hybridized carbons (Fsp3) is 0.409. The van der Waals surface area contributed by atoms with Crippen LogP contribution in [0.5, 0.6) is 0 Å². The summed E-state index contributed by atoms with van der Waals surface area (Å²) in [6.07, 6.45) is 4.53. The van der Waals surface area contributed by atoms with Gasteiger partial charge in [-0.15, -0.1) is 0 Å². The minimum Gasteiger partial charge on any atom is -0.344 e. The number of carbonyl (C=O) groups is 1. The number of rotatable bonds is 6. The number of anilines is 1. The van der Waals surface area contributed by atoms with Crippen LogP contribution in [0.1, 0.15) is 25.3 Å². The van der Waals surface area contributed by atoms with E-state index >= 15 is 0 Å². The Hall–Kier alpha value is -2.47. The second kappa shape index (κ2) is 8.69. The van der Waals surface area contributed by atoms with E-state index in [-0.39, 0.29) is 5.91 Å². The van der Waals surface area contributed by atoms with Gasteiger partial charge in [0.25, 0.3) is 0 Å². The lowest BCUT2D eigenvalue weighted by Crippen LogP contribution is -2.49. The maximum atomic E-state index is 12.7. The zero-order valence-corrected chi connectivity index (χ0v) is 17.1. The van der Waals surface area contributed by atoms with Crippen LogP contribution in [0.3, 0.4) is 0 Å². The fourth-order valence-corrected chi connectivity index (χ4v) is 4.59. The number of hydrogen-bond acceptors (Lipinski definition) is 5. The van der Waals surface area contributed by atoms with Crippen molar-refractivity contribution < 1.29 is 4.79 Å². The van der Waals surface area contributed by atoms with Gasteiger partial charge in [0.15, 0.2) is 5.13 Å². The largest absolute Gasteiger partial charge is 0.344 e. The number of benzene rings is 1. The van der Waals surface area contributed by atoms with Gasteiger partial charge >= 0.3 is 0 Å². The van der Waals surface area contributed by atoms with Crippen LogP contribution in [0.4, 0.5) is 5.13 Å². The van der Waals surface area contributed by atoms with Crippen molar-refractivity contribution in [2.24, 2.45) is 5.92 Å². The third-order valence-corrected chi connectivity index (χ3v) is 6.39. The normalized spacial score (nSPS) is 15.8. The first-order valence-electron chi connectivity index (χ1n) is 9.97. The van der Waals surface area contributed by atoms with E-state index < -0.39 is 0 Å². The summed E-state index contributed by atoms with van der Waals surface area (Å²) in [5.41, 5.74) is 2.30. The van der Waals surface area contributed by atoms with Gasteiger partial charge in [-0.2, -0.15) is 0 Å².